The van der Waals surface area contributed by atoms with Crippen molar-refractivity contribution >= 4 is 28.8 Å². The molecule has 1 aromatic rings. The van der Waals surface area contributed by atoms with E-state index in [2.05, 4.69) is 28.9 Å². The number of nitrogens with zero attached hydrogens (tertiary/aromatic N) is 3. The SMILES string of the molecule is CCN(CC)c1ccc(N=C2C(=O)ON=C2C(C)(C)C)cc1. The lowest BCUT2D eigenvalue weighted by Gasteiger charge is -2.20. The highest BCUT2D eigenvalue weighted by atomic mass is 16.7. The van der Waals surface area contributed by atoms with Gasteiger partial charge in [0.2, 0.25) is 0 Å². The first-order valence-corrected chi connectivity index (χ1v) is 7.60. The molecule has 0 amide bonds. The summed E-state index contributed by atoms with van der Waals surface area (Å²) < 4.78 is 0. The summed E-state index contributed by atoms with van der Waals surface area (Å²) in [5.74, 6) is -0.488. The summed E-state index contributed by atoms with van der Waals surface area (Å²) in [6.45, 7) is 12.1. The smallest absolute Gasteiger partial charge is 0.372 e. The molecule has 0 atom stereocenters. The molecule has 1 aromatic carbocycles. The molecule has 118 valence electrons. The van der Waals surface area contributed by atoms with E-state index in [-0.39, 0.29) is 5.41 Å². The van der Waals surface area contributed by atoms with Gasteiger partial charge in [-0.25, -0.2) is 9.79 Å². The molecule has 0 bridgehead atoms. The minimum atomic E-state index is -0.488. The van der Waals surface area contributed by atoms with E-state index in [1.807, 2.05) is 45.0 Å². The molecule has 1 heterocycles. The van der Waals surface area contributed by atoms with E-state index in [0.29, 0.717) is 11.4 Å². The van der Waals surface area contributed by atoms with Crippen LogP contribution < -0.4 is 4.90 Å². The van der Waals surface area contributed by atoms with Gasteiger partial charge in [-0.3, -0.25) is 0 Å². The maximum absolute atomic E-state index is 11.8. The third kappa shape index (κ3) is 3.35. The minimum Gasteiger partial charge on any atom is -0.372 e. The second kappa shape index (κ2) is 6.30. The van der Waals surface area contributed by atoms with Crippen molar-refractivity contribution in [2.24, 2.45) is 15.6 Å². The fourth-order valence-corrected chi connectivity index (χ4v) is 2.32. The molecular formula is C17H23N3O2. The second-order valence-electron chi connectivity index (χ2n) is 6.22. The van der Waals surface area contributed by atoms with Crippen LogP contribution in [-0.4, -0.2) is 30.5 Å². The van der Waals surface area contributed by atoms with Crippen molar-refractivity contribution in [2.45, 2.75) is 34.6 Å². The molecule has 5 heteroatoms. The highest BCUT2D eigenvalue weighted by Gasteiger charge is 2.35. The van der Waals surface area contributed by atoms with Crippen molar-refractivity contribution in [3.8, 4) is 0 Å². The van der Waals surface area contributed by atoms with Gasteiger partial charge in [-0.15, -0.1) is 0 Å². The molecular weight excluding hydrogens is 278 g/mol. The van der Waals surface area contributed by atoms with Gasteiger partial charge in [-0.1, -0.05) is 25.9 Å². The fourth-order valence-electron chi connectivity index (χ4n) is 2.32. The predicted octanol–water partition coefficient (Wildman–Crippen LogP) is 3.56. The van der Waals surface area contributed by atoms with Crippen LogP contribution in [0, 0.1) is 5.41 Å². The van der Waals surface area contributed by atoms with Crippen molar-refractivity contribution in [2.75, 3.05) is 18.0 Å². The molecule has 1 aliphatic heterocycles. The molecule has 0 N–H and O–H groups in total. The van der Waals surface area contributed by atoms with Crippen LogP contribution in [0.25, 0.3) is 0 Å². The summed E-state index contributed by atoms with van der Waals surface area (Å²) in [4.78, 5) is 23.3. The number of hydrogen-bond donors (Lipinski definition) is 0. The number of oxime groups is 1. The highest BCUT2D eigenvalue weighted by molar-refractivity contribution is 6.68. The Morgan fingerprint density at radius 3 is 2.23 bits per heavy atom. The van der Waals surface area contributed by atoms with E-state index < -0.39 is 5.97 Å². The molecule has 0 saturated carbocycles. The normalized spacial score (nSPS) is 16.7. The average molecular weight is 301 g/mol. The standard InChI is InChI=1S/C17H23N3O2/c1-6-20(7-2)13-10-8-12(9-11-13)18-14-15(17(3,4)5)19-22-16(14)21/h8-11H,6-7H2,1-5H3. The van der Waals surface area contributed by atoms with Gasteiger partial charge in [0, 0.05) is 24.2 Å². The van der Waals surface area contributed by atoms with Gasteiger partial charge in [0.15, 0.2) is 5.71 Å². The third-order valence-electron chi connectivity index (χ3n) is 3.57. The molecule has 0 fully saturated rings. The van der Waals surface area contributed by atoms with Crippen LogP contribution >= 0.6 is 0 Å². The Labute approximate surface area is 131 Å². The first kappa shape index (κ1) is 16.2. The molecule has 5 nitrogen and oxygen atoms in total. The summed E-state index contributed by atoms with van der Waals surface area (Å²) >= 11 is 0. The lowest BCUT2D eigenvalue weighted by molar-refractivity contribution is -0.134. The number of aliphatic imine (C=N–C) groups is 1. The van der Waals surface area contributed by atoms with E-state index in [1.54, 1.807) is 0 Å². The van der Waals surface area contributed by atoms with Gasteiger partial charge in [-0.05, 0) is 38.1 Å². The summed E-state index contributed by atoms with van der Waals surface area (Å²) in [7, 11) is 0. The summed E-state index contributed by atoms with van der Waals surface area (Å²) in [6, 6.07) is 7.85. The Morgan fingerprint density at radius 1 is 1.14 bits per heavy atom. The Balaban J connectivity index is 2.29. The van der Waals surface area contributed by atoms with Gasteiger partial charge in [0.25, 0.3) is 0 Å². The zero-order valence-corrected chi connectivity index (χ0v) is 13.9. The molecule has 0 spiro atoms. The molecule has 0 radical (unpaired) electrons. The number of anilines is 1. The van der Waals surface area contributed by atoms with E-state index >= 15 is 0 Å². The van der Waals surface area contributed by atoms with Crippen molar-refractivity contribution in [3.05, 3.63) is 24.3 Å². The van der Waals surface area contributed by atoms with Crippen LogP contribution in [0.1, 0.15) is 34.6 Å². The lowest BCUT2D eigenvalue weighted by Crippen LogP contribution is -2.29. The Hall–Kier alpha value is -2.17. The zero-order chi connectivity index (χ0) is 16.3. The Kier molecular flexibility index (Phi) is 4.64. The monoisotopic (exact) mass is 301 g/mol. The van der Waals surface area contributed by atoms with E-state index in [1.165, 1.54) is 0 Å². The van der Waals surface area contributed by atoms with Gasteiger partial charge < -0.3 is 9.74 Å². The van der Waals surface area contributed by atoms with Crippen LogP contribution in [0.2, 0.25) is 0 Å². The second-order valence-corrected chi connectivity index (χ2v) is 6.22. The Bertz CT molecular complexity index is 606. The van der Waals surface area contributed by atoms with E-state index in [9.17, 15) is 4.79 Å². The maximum atomic E-state index is 11.8. The van der Waals surface area contributed by atoms with Crippen molar-refractivity contribution in [1.29, 1.82) is 0 Å². The van der Waals surface area contributed by atoms with Gasteiger partial charge in [0.1, 0.15) is 5.71 Å². The number of carbonyl (C=O) groups excluding carboxylic acids is 1. The van der Waals surface area contributed by atoms with Crippen LogP contribution in [-0.2, 0) is 9.63 Å². The lowest BCUT2D eigenvalue weighted by atomic mass is 9.87. The van der Waals surface area contributed by atoms with Gasteiger partial charge in [-0.2, -0.15) is 0 Å². The largest absolute Gasteiger partial charge is 0.385 e. The first-order chi connectivity index (χ1) is 10.4. The summed E-state index contributed by atoms with van der Waals surface area (Å²) in [5, 5.41) is 3.87. The van der Waals surface area contributed by atoms with Crippen molar-refractivity contribution in [3.63, 3.8) is 0 Å². The van der Waals surface area contributed by atoms with Crippen LogP contribution in [0.5, 0.6) is 0 Å². The zero-order valence-electron chi connectivity index (χ0n) is 13.9. The van der Waals surface area contributed by atoms with Crippen molar-refractivity contribution < 1.29 is 9.63 Å². The number of benzene rings is 1. The van der Waals surface area contributed by atoms with Crippen LogP contribution in [0.3, 0.4) is 0 Å². The average Bonchev–Trinajstić information content (AvgIpc) is 2.83. The number of hydrogen-bond acceptors (Lipinski definition) is 5. The maximum Gasteiger partial charge on any atom is 0.385 e. The first-order valence-electron chi connectivity index (χ1n) is 7.60. The third-order valence-corrected chi connectivity index (χ3v) is 3.57. The number of carbonyl (C=O) groups is 1. The molecule has 0 aliphatic carbocycles. The quantitative estimate of drug-likeness (QED) is 0.799. The minimum absolute atomic E-state index is 0.286. The molecule has 2 rings (SSSR count). The molecule has 1 aliphatic rings. The topological polar surface area (TPSA) is 54.3 Å². The fraction of sp³-hybridized carbons (Fsp3) is 0.471. The molecule has 0 saturated heterocycles. The van der Waals surface area contributed by atoms with E-state index in [0.717, 1.165) is 24.5 Å². The van der Waals surface area contributed by atoms with Crippen LogP contribution in [0.4, 0.5) is 11.4 Å². The predicted molar refractivity (Wildman–Crippen MR) is 90.1 cm³/mol. The summed E-state index contributed by atoms with van der Waals surface area (Å²) in [6.07, 6.45) is 0. The molecule has 0 unspecified atom stereocenters. The van der Waals surface area contributed by atoms with E-state index in [4.69, 9.17) is 4.84 Å². The van der Waals surface area contributed by atoms with Crippen molar-refractivity contribution in [1.82, 2.24) is 0 Å². The molecule has 0 aromatic heterocycles. The van der Waals surface area contributed by atoms with Gasteiger partial charge in [0.05, 0.1) is 5.69 Å². The van der Waals surface area contributed by atoms with Gasteiger partial charge >= 0.3 is 5.97 Å². The van der Waals surface area contributed by atoms with Crippen LogP contribution in [0.15, 0.2) is 34.4 Å². The molecule has 22 heavy (non-hydrogen) atoms. The number of rotatable bonds is 4. The Morgan fingerprint density at radius 2 is 1.73 bits per heavy atom. The highest BCUT2D eigenvalue weighted by Crippen LogP contribution is 2.25. The summed E-state index contributed by atoms with van der Waals surface area (Å²) in [5.41, 5.74) is 2.47.